The number of benzene rings is 2. The molecule has 0 bridgehead atoms. The van der Waals surface area contributed by atoms with Gasteiger partial charge in [0, 0.05) is 17.1 Å². The first-order valence-electron chi connectivity index (χ1n) is 8.92. The molecule has 0 unspecified atom stereocenters. The van der Waals surface area contributed by atoms with E-state index < -0.39 is 0 Å². The number of rotatable bonds is 5. The van der Waals surface area contributed by atoms with Crippen molar-refractivity contribution in [3.63, 3.8) is 0 Å². The van der Waals surface area contributed by atoms with Gasteiger partial charge in [-0.2, -0.15) is 0 Å². The predicted octanol–water partition coefficient (Wildman–Crippen LogP) is 5.05. The minimum atomic E-state index is -0.111. The summed E-state index contributed by atoms with van der Waals surface area (Å²) in [5.41, 5.74) is 2.43. The van der Waals surface area contributed by atoms with Crippen LogP contribution in [0.25, 0.3) is 0 Å². The maximum Gasteiger partial charge on any atom is 0.0602 e. The molecule has 1 saturated carbocycles. The molecule has 1 aliphatic carbocycles. The molecular weight excluding hydrogens is 316 g/mol. The second kappa shape index (κ2) is 7.69. The van der Waals surface area contributed by atoms with E-state index in [4.69, 9.17) is 11.6 Å². The summed E-state index contributed by atoms with van der Waals surface area (Å²) >= 11 is 6.58. The Morgan fingerprint density at radius 3 is 2.46 bits per heavy atom. The van der Waals surface area contributed by atoms with E-state index in [1.807, 2.05) is 12.1 Å². The van der Waals surface area contributed by atoms with E-state index in [9.17, 15) is 0 Å². The molecule has 3 heteroatoms. The lowest BCUT2D eigenvalue weighted by Crippen LogP contribution is -2.58. The van der Waals surface area contributed by atoms with Crippen molar-refractivity contribution in [3.05, 3.63) is 70.7 Å². The van der Waals surface area contributed by atoms with Crippen molar-refractivity contribution in [2.75, 3.05) is 7.05 Å². The molecule has 0 saturated heterocycles. The van der Waals surface area contributed by atoms with E-state index in [-0.39, 0.29) is 5.54 Å². The van der Waals surface area contributed by atoms with Crippen LogP contribution in [0.1, 0.15) is 49.8 Å². The van der Waals surface area contributed by atoms with E-state index in [0.717, 1.165) is 17.9 Å². The molecule has 0 aliphatic heterocycles. The Kier molecular flexibility index (Phi) is 5.60. The summed E-state index contributed by atoms with van der Waals surface area (Å²) in [6, 6.07) is 19.6. The number of halogens is 1. The summed E-state index contributed by atoms with van der Waals surface area (Å²) in [5.74, 6) is 0. The van der Waals surface area contributed by atoms with E-state index in [1.54, 1.807) is 0 Å². The van der Waals surface area contributed by atoms with Gasteiger partial charge in [-0.1, -0.05) is 73.0 Å². The fourth-order valence-corrected chi connectivity index (χ4v) is 4.42. The Morgan fingerprint density at radius 2 is 1.75 bits per heavy atom. The summed E-state index contributed by atoms with van der Waals surface area (Å²) in [7, 11) is 2.07. The first kappa shape index (κ1) is 17.5. The van der Waals surface area contributed by atoms with Crippen molar-refractivity contribution in [1.29, 1.82) is 0 Å². The van der Waals surface area contributed by atoms with Gasteiger partial charge in [-0.25, -0.2) is 0 Å². The monoisotopic (exact) mass is 342 g/mol. The van der Waals surface area contributed by atoms with Crippen molar-refractivity contribution in [1.82, 2.24) is 10.6 Å². The summed E-state index contributed by atoms with van der Waals surface area (Å²) in [6.45, 7) is 2.25. The van der Waals surface area contributed by atoms with Crippen LogP contribution < -0.4 is 10.6 Å². The van der Waals surface area contributed by atoms with E-state index in [1.165, 1.54) is 24.0 Å². The predicted molar refractivity (Wildman–Crippen MR) is 102 cm³/mol. The highest BCUT2D eigenvalue weighted by atomic mass is 35.5. The van der Waals surface area contributed by atoms with Gasteiger partial charge >= 0.3 is 0 Å². The highest BCUT2D eigenvalue weighted by Gasteiger charge is 2.42. The van der Waals surface area contributed by atoms with Crippen LogP contribution >= 0.6 is 11.6 Å². The first-order valence-corrected chi connectivity index (χ1v) is 9.30. The topological polar surface area (TPSA) is 24.1 Å². The summed E-state index contributed by atoms with van der Waals surface area (Å²) < 4.78 is 0. The van der Waals surface area contributed by atoms with Gasteiger partial charge in [0.25, 0.3) is 0 Å². The van der Waals surface area contributed by atoms with Crippen LogP contribution in [-0.2, 0) is 5.54 Å². The quantitative estimate of drug-likeness (QED) is 0.794. The second-order valence-electron chi connectivity index (χ2n) is 6.80. The molecule has 0 amide bonds. The SMILES string of the molecule is CN[C@@]1(c2ccccc2Cl)CCCC[C@@H]1N[C@@H](C)c1ccccc1. The number of likely N-dealkylation sites (N-methyl/N-ethyl adjacent to an activating group) is 1. The highest BCUT2D eigenvalue weighted by molar-refractivity contribution is 6.31. The molecule has 2 nitrogen and oxygen atoms in total. The third-order valence-corrected chi connectivity index (χ3v) is 5.79. The molecule has 1 fully saturated rings. The van der Waals surface area contributed by atoms with Crippen molar-refractivity contribution >= 4 is 11.6 Å². The minimum absolute atomic E-state index is 0.111. The molecule has 2 aromatic rings. The minimum Gasteiger partial charge on any atom is -0.309 e. The van der Waals surface area contributed by atoms with Crippen LogP contribution in [0.5, 0.6) is 0 Å². The lowest BCUT2D eigenvalue weighted by molar-refractivity contribution is 0.168. The van der Waals surface area contributed by atoms with Crippen molar-refractivity contribution in [3.8, 4) is 0 Å². The lowest BCUT2D eigenvalue weighted by atomic mass is 9.72. The second-order valence-corrected chi connectivity index (χ2v) is 7.21. The van der Waals surface area contributed by atoms with E-state index in [0.29, 0.717) is 12.1 Å². The van der Waals surface area contributed by atoms with Gasteiger partial charge in [-0.05, 0) is 44.0 Å². The lowest BCUT2D eigenvalue weighted by Gasteiger charge is -2.46. The van der Waals surface area contributed by atoms with Crippen LogP contribution in [0, 0.1) is 0 Å². The van der Waals surface area contributed by atoms with Gasteiger partial charge in [0.15, 0.2) is 0 Å². The average Bonchev–Trinajstić information content (AvgIpc) is 2.63. The molecule has 128 valence electrons. The number of nitrogens with one attached hydrogen (secondary N) is 2. The maximum absolute atomic E-state index is 6.58. The molecule has 0 aromatic heterocycles. The third kappa shape index (κ3) is 3.37. The Labute approximate surface area is 150 Å². The Balaban J connectivity index is 1.91. The van der Waals surface area contributed by atoms with Gasteiger partial charge in [0.1, 0.15) is 0 Å². The van der Waals surface area contributed by atoms with Gasteiger partial charge in [0.2, 0.25) is 0 Å². The molecule has 24 heavy (non-hydrogen) atoms. The zero-order valence-electron chi connectivity index (χ0n) is 14.6. The molecule has 3 rings (SSSR count). The van der Waals surface area contributed by atoms with Crippen molar-refractivity contribution in [2.24, 2.45) is 0 Å². The normalized spacial score (nSPS) is 25.4. The van der Waals surface area contributed by atoms with Crippen molar-refractivity contribution < 1.29 is 0 Å². The fraction of sp³-hybridized carbons (Fsp3) is 0.429. The van der Waals surface area contributed by atoms with Crippen LogP contribution in [0.3, 0.4) is 0 Å². The van der Waals surface area contributed by atoms with Gasteiger partial charge < -0.3 is 10.6 Å². The fourth-order valence-electron chi connectivity index (χ4n) is 4.12. The average molecular weight is 343 g/mol. The number of hydrogen-bond donors (Lipinski definition) is 2. The summed E-state index contributed by atoms with van der Waals surface area (Å²) in [4.78, 5) is 0. The zero-order chi connectivity index (χ0) is 17.0. The van der Waals surface area contributed by atoms with Crippen LogP contribution in [-0.4, -0.2) is 13.1 Å². The standard InChI is InChI=1S/C21H27ClN2/c1-16(17-10-4-3-5-11-17)24-20-14-8-9-15-21(20,23-2)18-12-6-7-13-19(18)22/h3-7,10-13,16,20,23-24H,8-9,14-15H2,1-2H3/t16-,20-,21+/m0/s1. The van der Waals surface area contributed by atoms with Crippen LogP contribution in [0.4, 0.5) is 0 Å². The summed E-state index contributed by atoms with van der Waals surface area (Å²) in [5, 5.41) is 8.37. The molecule has 0 spiro atoms. The zero-order valence-corrected chi connectivity index (χ0v) is 15.3. The van der Waals surface area contributed by atoms with Crippen molar-refractivity contribution in [2.45, 2.75) is 50.2 Å². The highest BCUT2D eigenvalue weighted by Crippen LogP contribution is 2.41. The van der Waals surface area contributed by atoms with Gasteiger partial charge in [-0.3, -0.25) is 0 Å². The van der Waals surface area contributed by atoms with Crippen LogP contribution in [0.2, 0.25) is 5.02 Å². The molecule has 2 aromatic carbocycles. The largest absolute Gasteiger partial charge is 0.309 e. The molecule has 0 heterocycles. The smallest absolute Gasteiger partial charge is 0.0602 e. The Morgan fingerprint density at radius 1 is 1.04 bits per heavy atom. The summed E-state index contributed by atoms with van der Waals surface area (Å²) in [6.07, 6.45) is 4.74. The molecular formula is C21H27ClN2. The van der Waals surface area contributed by atoms with E-state index >= 15 is 0 Å². The Hall–Kier alpha value is -1.35. The number of hydrogen-bond acceptors (Lipinski definition) is 2. The molecule has 2 N–H and O–H groups in total. The van der Waals surface area contributed by atoms with Crippen LogP contribution in [0.15, 0.2) is 54.6 Å². The molecule has 3 atom stereocenters. The molecule has 0 radical (unpaired) electrons. The maximum atomic E-state index is 6.58. The third-order valence-electron chi connectivity index (χ3n) is 5.46. The van der Waals surface area contributed by atoms with E-state index in [2.05, 4.69) is 67.1 Å². The molecule has 1 aliphatic rings. The van der Waals surface area contributed by atoms with Gasteiger partial charge in [0.05, 0.1) is 5.54 Å². The van der Waals surface area contributed by atoms with Gasteiger partial charge in [-0.15, -0.1) is 0 Å². The first-order chi connectivity index (χ1) is 11.7. The Bertz CT molecular complexity index is 658.